The first kappa shape index (κ1) is 9.84. The minimum atomic E-state index is -0.365. The molecule has 1 heterocycles. The van der Waals surface area contributed by atoms with Crippen molar-refractivity contribution in [3.05, 3.63) is 23.7 Å². The second-order valence-electron chi connectivity index (χ2n) is 2.92. The van der Waals surface area contributed by atoms with Gasteiger partial charge in [0.05, 0.1) is 12.9 Å². The highest BCUT2D eigenvalue weighted by molar-refractivity contribution is 5.87. The molecular formula is C10H14O3. The van der Waals surface area contributed by atoms with Crippen molar-refractivity contribution in [3.8, 4) is 0 Å². The molecule has 0 aliphatic carbocycles. The molecule has 0 amide bonds. The van der Waals surface area contributed by atoms with E-state index in [4.69, 9.17) is 9.15 Å². The molecule has 0 radical (unpaired) electrons. The van der Waals surface area contributed by atoms with Crippen molar-refractivity contribution in [1.82, 2.24) is 0 Å². The zero-order valence-electron chi connectivity index (χ0n) is 8.00. The second kappa shape index (κ2) is 4.70. The Hall–Kier alpha value is -1.25. The number of unbranched alkanes of at least 4 members (excludes halogenated alkanes) is 1. The summed E-state index contributed by atoms with van der Waals surface area (Å²) in [6.45, 7) is 4.33. The van der Waals surface area contributed by atoms with Crippen molar-refractivity contribution in [1.29, 1.82) is 0 Å². The van der Waals surface area contributed by atoms with Gasteiger partial charge in [0.1, 0.15) is 0 Å². The van der Waals surface area contributed by atoms with Crippen LogP contribution in [-0.2, 0) is 4.74 Å². The molecule has 1 aromatic rings. The molecule has 0 unspecified atom stereocenters. The van der Waals surface area contributed by atoms with Gasteiger partial charge in [0.2, 0.25) is 5.76 Å². The minimum Gasteiger partial charge on any atom is -0.460 e. The van der Waals surface area contributed by atoms with E-state index in [-0.39, 0.29) is 5.97 Å². The summed E-state index contributed by atoms with van der Waals surface area (Å²) in [5.41, 5.74) is 0.821. The third-order valence-electron chi connectivity index (χ3n) is 1.78. The van der Waals surface area contributed by atoms with Crippen molar-refractivity contribution in [2.75, 3.05) is 6.61 Å². The summed E-state index contributed by atoms with van der Waals surface area (Å²) in [5, 5.41) is 0. The van der Waals surface area contributed by atoms with Gasteiger partial charge in [0, 0.05) is 5.56 Å². The lowest BCUT2D eigenvalue weighted by Crippen LogP contribution is -2.06. The normalized spacial score (nSPS) is 10.0. The molecule has 0 fully saturated rings. The van der Waals surface area contributed by atoms with Gasteiger partial charge in [-0.25, -0.2) is 4.79 Å². The van der Waals surface area contributed by atoms with Crippen LogP contribution in [0.15, 0.2) is 16.7 Å². The lowest BCUT2D eigenvalue weighted by atomic mass is 10.3. The molecule has 0 N–H and O–H groups in total. The maximum absolute atomic E-state index is 11.3. The molecule has 1 rings (SSSR count). The van der Waals surface area contributed by atoms with E-state index < -0.39 is 0 Å². The van der Waals surface area contributed by atoms with Crippen LogP contribution >= 0.6 is 0 Å². The molecule has 0 aliphatic heterocycles. The number of aryl methyl sites for hydroxylation is 1. The molecule has 0 saturated heterocycles. The molecule has 0 spiro atoms. The number of furan rings is 1. The fraction of sp³-hybridized carbons (Fsp3) is 0.500. The van der Waals surface area contributed by atoms with E-state index in [0.717, 1.165) is 18.4 Å². The maximum atomic E-state index is 11.3. The molecule has 0 saturated carbocycles. The summed E-state index contributed by atoms with van der Waals surface area (Å²) in [6.07, 6.45) is 3.40. The van der Waals surface area contributed by atoms with Crippen LogP contribution < -0.4 is 0 Å². The third-order valence-corrected chi connectivity index (χ3v) is 1.78. The number of hydrogen-bond donors (Lipinski definition) is 0. The summed E-state index contributed by atoms with van der Waals surface area (Å²) in [5.74, 6) is -0.0490. The molecule has 0 aromatic carbocycles. The van der Waals surface area contributed by atoms with Crippen LogP contribution in [0.5, 0.6) is 0 Å². The van der Waals surface area contributed by atoms with Crippen LogP contribution in [0.2, 0.25) is 0 Å². The Labute approximate surface area is 77.7 Å². The topological polar surface area (TPSA) is 39.4 Å². The summed E-state index contributed by atoms with van der Waals surface area (Å²) >= 11 is 0. The summed E-state index contributed by atoms with van der Waals surface area (Å²) in [7, 11) is 0. The van der Waals surface area contributed by atoms with Gasteiger partial charge < -0.3 is 9.15 Å². The summed E-state index contributed by atoms with van der Waals surface area (Å²) in [6, 6.07) is 1.75. The first-order valence-electron chi connectivity index (χ1n) is 4.47. The zero-order chi connectivity index (χ0) is 9.68. The van der Waals surface area contributed by atoms with Crippen LogP contribution in [0.4, 0.5) is 0 Å². The lowest BCUT2D eigenvalue weighted by molar-refractivity contribution is 0.0462. The van der Waals surface area contributed by atoms with Crippen LogP contribution in [0.3, 0.4) is 0 Å². The summed E-state index contributed by atoms with van der Waals surface area (Å²) < 4.78 is 9.96. The average molecular weight is 182 g/mol. The Morgan fingerprint density at radius 3 is 2.92 bits per heavy atom. The van der Waals surface area contributed by atoms with E-state index >= 15 is 0 Å². The largest absolute Gasteiger partial charge is 0.460 e. The highest BCUT2D eigenvalue weighted by Gasteiger charge is 2.13. The number of ether oxygens (including phenoxy) is 1. The number of hydrogen-bond acceptors (Lipinski definition) is 3. The van der Waals surface area contributed by atoms with Gasteiger partial charge >= 0.3 is 5.97 Å². The van der Waals surface area contributed by atoms with Gasteiger partial charge in [0.15, 0.2) is 0 Å². The second-order valence-corrected chi connectivity index (χ2v) is 2.92. The van der Waals surface area contributed by atoms with E-state index in [9.17, 15) is 4.79 Å². The monoisotopic (exact) mass is 182 g/mol. The quantitative estimate of drug-likeness (QED) is 0.530. The van der Waals surface area contributed by atoms with Gasteiger partial charge in [-0.1, -0.05) is 13.3 Å². The van der Waals surface area contributed by atoms with Gasteiger partial charge in [0.25, 0.3) is 0 Å². The third kappa shape index (κ3) is 2.61. The predicted octanol–water partition coefficient (Wildman–Crippen LogP) is 2.54. The Morgan fingerprint density at radius 2 is 2.38 bits per heavy atom. The Bertz CT molecular complexity index is 275. The van der Waals surface area contributed by atoms with Crippen molar-refractivity contribution in [3.63, 3.8) is 0 Å². The van der Waals surface area contributed by atoms with Crippen molar-refractivity contribution in [2.24, 2.45) is 0 Å². The Balaban J connectivity index is 2.45. The van der Waals surface area contributed by atoms with E-state index in [1.165, 1.54) is 6.26 Å². The standard InChI is InChI=1S/C10H14O3/c1-3-4-6-13-10(11)9-8(2)5-7-12-9/h5,7H,3-4,6H2,1-2H3. The molecule has 72 valence electrons. The first-order chi connectivity index (χ1) is 6.25. The molecule has 0 bridgehead atoms. The van der Waals surface area contributed by atoms with Crippen molar-refractivity contribution >= 4 is 5.97 Å². The number of carbonyl (C=O) groups excluding carboxylic acids is 1. The highest BCUT2D eigenvalue weighted by Crippen LogP contribution is 2.10. The number of rotatable bonds is 4. The van der Waals surface area contributed by atoms with Crippen LogP contribution in [0.25, 0.3) is 0 Å². The molecule has 1 aromatic heterocycles. The van der Waals surface area contributed by atoms with Gasteiger partial charge in [-0.05, 0) is 19.4 Å². The number of esters is 1. The smallest absolute Gasteiger partial charge is 0.374 e. The van der Waals surface area contributed by atoms with Gasteiger partial charge in [-0.3, -0.25) is 0 Å². The van der Waals surface area contributed by atoms with Crippen molar-refractivity contribution in [2.45, 2.75) is 26.7 Å². The van der Waals surface area contributed by atoms with E-state index in [0.29, 0.717) is 12.4 Å². The Kier molecular flexibility index (Phi) is 3.55. The van der Waals surface area contributed by atoms with Crippen LogP contribution in [0, 0.1) is 6.92 Å². The first-order valence-corrected chi connectivity index (χ1v) is 4.47. The van der Waals surface area contributed by atoms with E-state index in [2.05, 4.69) is 0 Å². The van der Waals surface area contributed by atoms with Gasteiger partial charge in [-0.15, -0.1) is 0 Å². The fourth-order valence-corrected chi connectivity index (χ4v) is 0.957. The average Bonchev–Trinajstić information content (AvgIpc) is 2.52. The van der Waals surface area contributed by atoms with E-state index in [1.807, 2.05) is 13.8 Å². The van der Waals surface area contributed by atoms with E-state index in [1.54, 1.807) is 6.07 Å². The predicted molar refractivity (Wildman–Crippen MR) is 48.6 cm³/mol. The zero-order valence-corrected chi connectivity index (χ0v) is 8.00. The van der Waals surface area contributed by atoms with Crippen molar-refractivity contribution < 1.29 is 13.9 Å². The SMILES string of the molecule is CCCCOC(=O)c1occc1C. The lowest BCUT2D eigenvalue weighted by Gasteiger charge is -2.01. The molecular weight excluding hydrogens is 168 g/mol. The van der Waals surface area contributed by atoms with Crippen LogP contribution in [0.1, 0.15) is 35.9 Å². The summed E-state index contributed by atoms with van der Waals surface area (Å²) in [4.78, 5) is 11.3. The number of carbonyl (C=O) groups is 1. The fourth-order valence-electron chi connectivity index (χ4n) is 0.957. The molecule has 3 nitrogen and oxygen atoms in total. The Morgan fingerprint density at radius 1 is 1.62 bits per heavy atom. The molecule has 3 heteroatoms. The molecule has 13 heavy (non-hydrogen) atoms. The van der Waals surface area contributed by atoms with Crippen LogP contribution in [-0.4, -0.2) is 12.6 Å². The van der Waals surface area contributed by atoms with Gasteiger partial charge in [-0.2, -0.15) is 0 Å². The highest BCUT2D eigenvalue weighted by atomic mass is 16.5. The molecule has 0 aliphatic rings. The molecule has 0 atom stereocenters. The maximum Gasteiger partial charge on any atom is 0.374 e. The minimum absolute atomic E-state index is 0.316.